The molecule has 1 heterocycles. The van der Waals surface area contributed by atoms with E-state index in [2.05, 4.69) is 11.4 Å². The van der Waals surface area contributed by atoms with Gasteiger partial charge in [0, 0.05) is 18.9 Å². The molecule has 1 saturated carbocycles. The summed E-state index contributed by atoms with van der Waals surface area (Å²) in [5.41, 5.74) is 1.24. The Balaban J connectivity index is 1.49. The van der Waals surface area contributed by atoms with Crippen LogP contribution in [0.3, 0.4) is 0 Å². The second-order valence-corrected chi connectivity index (χ2v) is 6.29. The van der Waals surface area contributed by atoms with Crippen LogP contribution in [-0.2, 0) is 15.9 Å². The van der Waals surface area contributed by atoms with E-state index in [4.69, 9.17) is 18.9 Å². The van der Waals surface area contributed by atoms with Gasteiger partial charge in [-0.15, -0.1) is 0 Å². The zero-order valence-corrected chi connectivity index (χ0v) is 14.1. The first kappa shape index (κ1) is 16.6. The lowest BCUT2D eigenvalue weighted by Gasteiger charge is -2.36. The molecule has 1 atom stereocenters. The first-order valence-corrected chi connectivity index (χ1v) is 8.47. The molecular weight excluding hydrogens is 294 g/mol. The maximum atomic E-state index is 5.84. The molecule has 5 heteroatoms. The van der Waals surface area contributed by atoms with Crippen LogP contribution in [0.4, 0.5) is 0 Å². The van der Waals surface area contributed by atoms with Crippen molar-refractivity contribution in [3.05, 3.63) is 23.8 Å². The van der Waals surface area contributed by atoms with Crippen molar-refractivity contribution in [3.63, 3.8) is 0 Å². The van der Waals surface area contributed by atoms with Crippen molar-refractivity contribution < 1.29 is 18.9 Å². The van der Waals surface area contributed by atoms with E-state index in [1.165, 1.54) is 12.0 Å². The van der Waals surface area contributed by atoms with Crippen molar-refractivity contribution >= 4 is 0 Å². The third kappa shape index (κ3) is 3.97. The van der Waals surface area contributed by atoms with E-state index in [9.17, 15) is 0 Å². The first-order valence-electron chi connectivity index (χ1n) is 8.47. The van der Waals surface area contributed by atoms with Gasteiger partial charge in [-0.05, 0) is 43.5 Å². The maximum Gasteiger partial charge on any atom is 0.169 e. The van der Waals surface area contributed by atoms with Crippen molar-refractivity contribution in [3.8, 4) is 11.5 Å². The number of hydrogen-bond acceptors (Lipinski definition) is 5. The lowest BCUT2D eigenvalue weighted by Crippen LogP contribution is -2.44. The lowest BCUT2D eigenvalue weighted by atomic mass is 9.89. The summed E-state index contributed by atoms with van der Waals surface area (Å²) < 4.78 is 22.3. The Morgan fingerprint density at radius 3 is 2.70 bits per heavy atom. The number of rotatable bonds is 6. The third-order valence-corrected chi connectivity index (χ3v) is 4.78. The largest absolute Gasteiger partial charge is 0.493 e. The van der Waals surface area contributed by atoms with Gasteiger partial charge in [0.25, 0.3) is 0 Å². The van der Waals surface area contributed by atoms with Crippen LogP contribution >= 0.6 is 0 Å². The summed E-state index contributed by atoms with van der Waals surface area (Å²) in [7, 11) is 3.33. The van der Waals surface area contributed by atoms with Crippen molar-refractivity contribution in [2.24, 2.45) is 0 Å². The minimum absolute atomic E-state index is 0.306. The van der Waals surface area contributed by atoms with Crippen molar-refractivity contribution in [2.75, 3.05) is 34.0 Å². The molecule has 1 aromatic carbocycles. The van der Waals surface area contributed by atoms with Crippen molar-refractivity contribution in [2.45, 2.75) is 43.9 Å². The van der Waals surface area contributed by atoms with E-state index in [1.807, 2.05) is 12.1 Å². The highest BCUT2D eigenvalue weighted by Gasteiger charge is 2.41. The number of hydrogen-bond donors (Lipinski definition) is 1. The summed E-state index contributed by atoms with van der Waals surface area (Å²) in [6.07, 6.45) is 5.31. The first-order chi connectivity index (χ1) is 11.2. The van der Waals surface area contributed by atoms with Gasteiger partial charge < -0.3 is 24.3 Å². The molecule has 23 heavy (non-hydrogen) atoms. The molecule has 5 nitrogen and oxygen atoms in total. The normalized spacial score (nSPS) is 23.1. The molecule has 3 rings (SSSR count). The minimum Gasteiger partial charge on any atom is -0.493 e. The van der Waals surface area contributed by atoms with Crippen LogP contribution in [0, 0.1) is 0 Å². The highest BCUT2D eigenvalue weighted by atomic mass is 16.7. The highest BCUT2D eigenvalue weighted by molar-refractivity contribution is 5.42. The number of nitrogens with one attached hydrogen (secondary N) is 1. The molecule has 0 radical (unpaired) electrons. The van der Waals surface area contributed by atoms with Crippen LogP contribution in [0.5, 0.6) is 11.5 Å². The molecule has 0 aromatic heterocycles. The van der Waals surface area contributed by atoms with Crippen molar-refractivity contribution in [1.29, 1.82) is 0 Å². The average Bonchev–Trinajstić information content (AvgIpc) is 3.02. The van der Waals surface area contributed by atoms with Gasteiger partial charge in [-0.25, -0.2) is 0 Å². The molecule has 0 amide bonds. The fraction of sp³-hybridized carbons (Fsp3) is 0.667. The molecule has 1 spiro atoms. The van der Waals surface area contributed by atoms with Gasteiger partial charge in [-0.1, -0.05) is 6.07 Å². The van der Waals surface area contributed by atoms with Crippen LogP contribution in [0.15, 0.2) is 18.2 Å². The summed E-state index contributed by atoms with van der Waals surface area (Å²) in [5.74, 6) is 1.25. The van der Waals surface area contributed by atoms with Gasteiger partial charge in [0.15, 0.2) is 17.3 Å². The van der Waals surface area contributed by atoms with Crippen LogP contribution in [-0.4, -0.2) is 45.8 Å². The smallest absolute Gasteiger partial charge is 0.169 e. The van der Waals surface area contributed by atoms with Crippen LogP contribution in [0.25, 0.3) is 0 Å². The molecule has 1 N–H and O–H groups in total. The van der Waals surface area contributed by atoms with E-state index in [-0.39, 0.29) is 5.79 Å². The molecule has 1 aromatic rings. The Hall–Kier alpha value is -1.30. The predicted molar refractivity (Wildman–Crippen MR) is 88.1 cm³/mol. The zero-order chi connectivity index (χ0) is 16.1. The second kappa shape index (κ2) is 7.51. The van der Waals surface area contributed by atoms with Crippen LogP contribution in [0.2, 0.25) is 0 Å². The Kier molecular flexibility index (Phi) is 5.41. The summed E-state index contributed by atoms with van der Waals surface area (Å²) in [6.45, 7) is 2.41. The summed E-state index contributed by atoms with van der Waals surface area (Å²) in [6, 6.07) is 6.58. The van der Waals surface area contributed by atoms with Gasteiger partial charge >= 0.3 is 0 Å². The molecule has 128 valence electrons. The zero-order valence-electron chi connectivity index (χ0n) is 14.1. The monoisotopic (exact) mass is 321 g/mol. The Bertz CT molecular complexity index is 514. The van der Waals surface area contributed by atoms with Gasteiger partial charge in [-0.2, -0.15) is 0 Å². The molecule has 0 bridgehead atoms. The van der Waals surface area contributed by atoms with Crippen LogP contribution < -0.4 is 14.8 Å². The summed E-state index contributed by atoms with van der Waals surface area (Å²) in [5, 5.41) is 3.66. The molecule has 2 aliphatic rings. The van der Waals surface area contributed by atoms with Gasteiger partial charge in [-0.3, -0.25) is 0 Å². The van der Waals surface area contributed by atoms with E-state index in [1.54, 1.807) is 14.2 Å². The lowest BCUT2D eigenvalue weighted by molar-refractivity contribution is -0.181. The Morgan fingerprint density at radius 1 is 1.17 bits per heavy atom. The van der Waals surface area contributed by atoms with E-state index in [0.717, 1.165) is 56.9 Å². The SMILES string of the molecule is COc1ccc(CCNC2CCCC3(C2)OCCO3)cc1OC. The Morgan fingerprint density at radius 2 is 1.96 bits per heavy atom. The quantitative estimate of drug-likeness (QED) is 0.872. The van der Waals surface area contributed by atoms with E-state index in [0.29, 0.717) is 6.04 Å². The van der Waals surface area contributed by atoms with Crippen LogP contribution in [0.1, 0.15) is 31.2 Å². The molecule has 1 unspecified atom stereocenters. The van der Waals surface area contributed by atoms with Gasteiger partial charge in [0.2, 0.25) is 0 Å². The number of benzene rings is 1. The third-order valence-electron chi connectivity index (χ3n) is 4.78. The highest BCUT2D eigenvalue weighted by Crippen LogP contribution is 2.35. The fourth-order valence-electron chi connectivity index (χ4n) is 3.59. The molecule has 2 fully saturated rings. The van der Waals surface area contributed by atoms with E-state index < -0.39 is 0 Å². The fourth-order valence-corrected chi connectivity index (χ4v) is 3.59. The Labute approximate surface area is 138 Å². The topological polar surface area (TPSA) is 49.0 Å². The molecule has 1 aliphatic heterocycles. The van der Waals surface area contributed by atoms with Crippen molar-refractivity contribution in [1.82, 2.24) is 5.32 Å². The van der Waals surface area contributed by atoms with Gasteiger partial charge in [0.05, 0.1) is 27.4 Å². The second-order valence-electron chi connectivity index (χ2n) is 6.29. The molecular formula is C18H27NO4. The van der Waals surface area contributed by atoms with Gasteiger partial charge in [0.1, 0.15) is 0 Å². The summed E-state index contributed by atoms with van der Waals surface area (Å²) in [4.78, 5) is 0. The maximum absolute atomic E-state index is 5.84. The summed E-state index contributed by atoms with van der Waals surface area (Å²) >= 11 is 0. The number of ether oxygens (including phenoxy) is 4. The number of methoxy groups -OCH3 is 2. The average molecular weight is 321 g/mol. The molecule has 1 saturated heterocycles. The van der Waals surface area contributed by atoms with E-state index >= 15 is 0 Å². The minimum atomic E-state index is -0.306. The predicted octanol–water partition coefficient (Wildman–Crippen LogP) is 2.52. The molecule has 1 aliphatic carbocycles. The standard InChI is InChI=1S/C18H27NO4/c1-20-16-6-5-14(12-17(16)21-2)7-9-19-15-4-3-8-18(13-15)22-10-11-23-18/h5-6,12,15,19H,3-4,7-11,13H2,1-2H3.